The number of para-hydroxylation sites is 1. The molecule has 1 aromatic carbocycles. The number of hydrogen-bond acceptors (Lipinski definition) is 4. The van der Waals surface area contributed by atoms with E-state index in [2.05, 4.69) is 0 Å². The molecule has 7 nitrogen and oxygen atoms in total. The zero-order valence-corrected chi connectivity index (χ0v) is 8.08. The highest BCUT2D eigenvalue weighted by atomic mass is 16.7. The molecule has 0 bridgehead atoms. The van der Waals surface area contributed by atoms with E-state index in [1.807, 2.05) is 5.43 Å². The van der Waals surface area contributed by atoms with Crippen molar-refractivity contribution < 1.29 is 9.83 Å². The number of nitrogen functional groups attached to an aromatic ring is 1. The number of carbonyl (C=O) groups is 1. The Hall–Kier alpha value is -2.41. The Bertz CT molecular complexity index is 575. The number of hydrazine groups is 1. The molecule has 2 rings (SSSR count). The van der Waals surface area contributed by atoms with E-state index in [1.165, 1.54) is 6.07 Å². The fourth-order valence-corrected chi connectivity index (χ4v) is 1.55. The third-order valence-electron chi connectivity index (χ3n) is 2.21. The summed E-state index contributed by atoms with van der Waals surface area (Å²) < 4.78 is 0.706. The average Bonchev–Trinajstić information content (AvgIpc) is 2.67. The molecule has 7 heteroatoms. The maximum atomic E-state index is 11.3. The Morgan fingerprint density at radius 3 is 2.75 bits per heavy atom. The third kappa shape index (κ3) is 1.39. The molecule has 16 heavy (non-hydrogen) atoms. The van der Waals surface area contributed by atoms with E-state index in [0.717, 1.165) is 0 Å². The molecule has 82 valence electrons. The maximum absolute atomic E-state index is 11.3. The first kappa shape index (κ1) is 10.1. The Kier molecular flexibility index (Phi) is 2.29. The van der Waals surface area contributed by atoms with E-state index in [9.17, 15) is 14.9 Å². The molecule has 3 N–H and O–H groups in total. The monoisotopic (exact) mass is 220 g/mol. The molecule has 1 heterocycles. The molecule has 0 unspecified atom stereocenters. The van der Waals surface area contributed by atoms with E-state index in [0.29, 0.717) is 15.6 Å². The predicted octanol–water partition coefficient (Wildman–Crippen LogP) is 0.285. The van der Waals surface area contributed by atoms with Gasteiger partial charge in [0.05, 0.1) is 0 Å². The van der Waals surface area contributed by atoms with Crippen LogP contribution in [0.3, 0.4) is 0 Å². The molecule has 0 saturated carbocycles. The van der Waals surface area contributed by atoms with E-state index in [4.69, 9.17) is 5.84 Å². The van der Waals surface area contributed by atoms with Crippen molar-refractivity contribution in [3.05, 3.63) is 46.1 Å². The lowest BCUT2D eigenvalue weighted by Crippen LogP contribution is -2.32. The Morgan fingerprint density at radius 2 is 2.12 bits per heavy atom. The summed E-state index contributed by atoms with van der Waals surface area (Å²) in [4.78, 5) is 22.2. The van der Waals surface area contributed by atoms with Gasteiger partial charge < -0.3 is 0 Å². The van der Waals surface area contributed by atoms with Crippen LogP contribution in [0.5, 0.6) is 0 Å². The second-order valence-corrected chi connectivity index (χ2v) is 3.11. The Labute approximate surface area is 89.5 Å². The van der Waals surface area contributed by atoms with Gasteiger partial charge in [-0.05, 0) is 12.1 Å². The number of hydrogen-bond donors (Lipinski definition) is 2. The van der Waals surface area contributed by atoms with E-state index >= 15 is 0 Å². The summed E-state index contributed by atoms with van der Waals surface area (Å²) in [6, 6.07) is 8.05. The third-order valence-corrected chi connectivity index (χ3v) is 2.21. The topological polar surface area (TPSA) is 103 Å². The van der Waals surface area contributed by atoms with Gasteiger partial charge in [0.2, 0.25) is 0 Å². The van der Waals surface area contributed by atoms with Crippen molar-refractivity contribution in [2.24, 2.45) is 5.84 Å². The molecule has 0 radical (unpaired) electrons. The molecule has 0 fully saturated rings. The van der Waals surface area contributed by atoms with Crippen LogP contribution in [0.1, 0.15) is 10.5 Å². The minimum absolute atomic E-state index is 0.103. The van der Waals surface area contributed by atoms with Crippen LogP contribution in [0.2, 0.25) is 0 Å². The van der Waals surface area contributed by atoms with Crippen molar-refractivity contribution in [3.63, 3.8) is 0 Å². The number of nitro groups is 1. The van der Waals surface area contributed by atoms with Gasteiger partial charge in [-0.1, -0.05) is 22.9 Å². The second kappa shape index (κ2) is 3.63. The molecular weight excluding hydrogens is 212 g/mol. The summed E-state index contributed by atoms with van der Waals surface area (Å²) >= 11 is 0. The molecule has 1 amide bonds. The lowest BCUT2D eigenvalue weighted by Gasteiger charge is -1.98. The SMILES string of the molecule is NNC(=O)c1cc2ccccc2n1[N+](=O)[O-]. The Morgan fingerprint density at radius 1 is 1.44 bits per heavy atom. The van der Waals surface area contributed by atoms with Crippen molar-refractivity contribution in [3.8, 4) is 0 Å². The fraction of sp³-hybridized carbons (Fsp3) is 0. The van der Waals surface area contributed by atoms with E-state index < -0.39 is 10.9 Å². The van der Waals surface area contributed by atoms with Gasteiger partial charge in [0.15, 0.2) is 10.7 Å². The minimum Gasteiger partial charge on any atom is -0.289 e. The first-order valence-corrected chi connectivity index (χ1v) is 4.41. The van der Waals surface area contributed by atoms with Gasteiger partial charge in [-0.25, -0.2) is 16.0 Å². The molecule has 0 saturated heterocycles. The van der Waals surface area contributed by atoms with E-state index in [-0.39, 0.29) is 5.69 Å². The van der Waals surface area contributed by atoms with Crippen LogP contribution < -0.4 is 11.3 Å². The van der Waals surface area contributed by atoms with Gasteiger partial charge >= 0.3 is 0 Å². The molecule has 0 aliphatic heterocycles. The summed E-state index contributed by atoms with van der Waals surface area (Å²) in [6.45, 7) is 0. The van der Waals surface area contributed by atoms with Crippen molar-refractivity contribution in [2.45, 2.75) is 0 Å². The molecule has 0 aliphatic carbocycles. The van der Waals surface area contributed by atoms with Crippen LogP contribution in [0.15, 0.2) is 30.3 Å². The normalized spacial score (nSPS) is 10.3. The van der Waals surface area contributed by atoms with Crippen molar-refractivity contribution in [1.82, 2.24) is 10.1 Å². The summed E-state index contributed by atoms with van der Waals surface area (Å²) in [6.07, 6.45) is 0. The van der Waals surface area contributed by atoms with Gasteiger partial charge in [0.1, 0.15) is 5.52 Å². The molecule has 1 aromatic heterocycles. The molecule has 0 atom stereocenters. The van der Waals surface area contributed by atoms with Crippen LogP contribution in [0.4, 0.5) is 0 Å². The number of nitrogens with two attached hydrogens (primary N) is 1. The summed E-state index contributed by atoms with van der Waals surface area (Å²) in [7, 11) is 0. The lowest BCUT2D eigenvalue weighted by atomic mass is 10.2. The quantitative estimate of drug-likeness (QED) is 0.328. The van der Waals surface area contributed by atoms with Crippen LogP contribution in [0, 0.1) is 10.1 Å². The van der Waals surface area contributed by atoms with Crippen molar-refractivity contribution >= 4 is 16.8 Å². The van der Waals surface area contributed by atoms with Crippen molar-refractivity contribution in [2.75, 3.05) is 0 Å². The zero-order valence-electron chi connectivity index (χ0n) is 8.08. The second-order valence-electron chi connectivity index (χ2n) is 3.11. The van der Waals surface area contributed by atoms with Crippen LogP contribution in [0.25, 0.3) is 10.9 Å². The standard InChI is InChI=1S/C9H8N4O3/c10-11-9(14)8-5-6-3-1-2-4-7(6)12(8)13(15)16/h1-5H,10H2,(H,11,14). The summed E-state index contributed by atoms with van der Waals surface area (Å²) in [5.74, 6) is 4.26. The molecular formula is C9H8N4O3. The smallest absolute Gasteiger partial charge is 0.288 e. The number of nitrogens with one attached hydrogen (secondary N) is 1. The number of nitrogens with zero attached hydrogens (tertiary/aromatic N) is 2. The van der Waals surface area contributed by atoms with E-state index in [1.54, 1.807) is 24.3 Å². The van der Waals surface area contributed by atoms with Gasteiger partial charge in [-0.2, -0.15) is 0 Å². The number of amides is 1. The Balaban J connectivity index is 2.78. The zero-order chi connectivity index (χ0) is 11.7. The number of rotatable bonds is 2. The molecule has 0 spiro atoms. The van der Waals surface area contributed by atoms with Gasteiger partial charge in [-0.3, -0.25) is 10.2 Å². The number of fused-ring (bicyclic) bond motifs is 1. The van der Waals surface area contributed by atoms with Crippen molar-refractivity contribution in [1.29, 1.82) is 0 Å². The largest absolute Gasteiger partial charge is 0.289 e. The summed E-state index contributed by atoms with van der Waals surface area (Å²) in [5, 5.41) is 10.8. The average molecular weight is 220 g/mol. The highest BCUT2D eigenvalue weighted by molar-refractivity contribution is 5.98. The fourth-order valence-electron chi connectivity index (χ4n) is 1.55. The van der Waals surface area contributed by atoms with Crippen LogP contribution in [-0.4, -0.2) is 15.6 Å². The maximum Gasteiger partial charge on any atom is 0.288 e. The predicted molar refractivity (Wildman–Crippen MR) is 56.0 cm³/mol. The van der Waals surface area contributed by atoms with Gasteiger partial charge in [-0.15, -0.1) is 0 Å². The van der Waals surface area contributed by atoms with Crippen LogP contribution in [-0.2, 0) is 0 Å². The first-order chi connectivity index (χ1) is 7.65. The minimum atomic E-state index is -0.701. The van der Waals surface area contributed by atoms with Crippen LogP contribution >= 0.6 is 0 Å². The highest BCUT2D eigenvalue weighted by Gasteiger charge is 2.21. The number of aromatic nitrogens is 1. The molecule has 2 aromatic rings. The first-order valence-electron chi connectivity index (χ1n) is 4.41. The van der Waals surface area contributed by atoms with Gasteiger partial charge in [0.25, 0.3) is 5.91 Å². The summed E-state index contributed by atoms with van der Waals surface area (Å²) in [5.41, 5.74) is 2.12. The number of carbonyl (C=O) groups excluding carboxylic acids is 1. The highest BCUT2D eigenvalue weighted by Crippen LogP contribution is 2.19. The number of benzene rings is 1. The lowest BCUT2D eigenvalue weighted by molar-refractivity contribution is -0.538. The molecule has 0 aliphatic rings. The van der Waals surface area contributed by atoms with Gasteiger partial charge in [0, 0.05) is 5.39 Å².